The normalized spacial score (nSPS) is 18.7. The summed E-state index contributed by atoms with van der Waals surface area (Å²) >= 11 is 3.63. The summed E-state index contributed by atoms with van der Waals surface area (Å²) in [5.41, 5.74) is 3.86. The zero-order chi connectivity index (χ0) is 12.7. The minimum atomic E-state index is 0.596. The zero-order valence-corrected chi connectivity index (χ0v) is 12.4. The summed E-state index contributed by atoms with van der Waals surface area (Å²) in [6, 6.07) is 8.59. The largest absolute Gasteiger partial charge is 0.327 e. The molecule has 1 aliphatic rings. The maximum Gasteiger partial charge on any atom is 0.141 e. The first-order valence-electron chi connectivity index (χ1n) is 6.50. The van der Waals surface area contributed by atoms with E-state index in [-0.39, 0.29) is 0 Å². The standard InChI is InChI=1S/C15H17BrN2/c1-10-5-3-7-12(9-10)15-17-14(16)13-11(2)6-4-8-18(13)15/h3,5,7,9,11H,4,6,8H2,1-2H3. The summed E-state index contributed by atoms with van der Waals surface area (Å²) in [7, 11) is 0. The van der Waals surface area contributed by atoms with Gasteiger partial charge in [-0.05, 0) is 47.7 Å². The molecule has 18 heavy (non-hydrogen) atoms. The number of nitrogens with zero attached hydrogens (tertiary/aromatic N) is 2. The van der Waals surface area contributed by atoms with Crippen LogP contribution in [-0.4, -0.2) is 9.55 Å². The van der Waals surface area contributed by atoms with Crippen molar-refractivity contribution in [1.29, 1.82) is 0 Å². The Labute approximate surface area is 116 Å². The molecule has 0 fully saturated rings. The Hall–Kier alpha value is -1.09. The number of aryl methyl sites for hydroxylation is 1. The van der Waals surface area contributed by atoms with Gasteiger partial charge in [0.25, 0.3) is 0 Å². The van der Waals surface area contributed by atoms with Crippen molar-refractivity contribution in [1.82, 2.24) is 9.55 Å². The number of imidazole rings is 1. The van der Waals surface area contributed by atoms with Crippen molar-refractivity contribution >= 4 is 15.9 Å². The molecule has 1 unspecified atom stereocenters. The van der Waals surface area contributed by atoms with Gasteiger partial charge in [0.15, 0.2) is 0 Å². The van der Waals surface area contributed by atoms with E-state index in [9.17, 15) is 0 Å². The van der Waals surface area contributed by atoms with Crippen LogP contribution in [0.4, 0.5) is 0 Å². The smallest absolute Gasteiger partial charge is 0.141 e. The van der Waals surface area contributed by atoms with Crippen LogP contribution in [-0.2, 0) is 6.54 Å². The Morgan fingerprint density at radius 1 is 1.39 bits per heavy atom. The molecule has 1 atom stereocenters. The lowest BCUT2D eigenvalue weighted by Gasteiger charge is -2.22. The van der Waals surface area contributed by atoms with E-state index in [0.717, 1.165) is 17.0 Å². The molecule has 2 heterocycles. The first-order valence-corrected chi connectivity index (χ1v) is 7.29. The fraction of sp³-hybridized carbons (Fsp3) is 0.400. The molecule has 0 aliphatic carbocycles. The van der Waals surface area contributed by atoms with Gasteiger partial charge in [0.05, 0.1) is 5.69 Å². The topological polar surface area (TPSA) is 17.8 Å². The molecule has 3 rings (SSSR count). The van der Waals surface area contributed by atoms with Crippen molar-refractivity contribution < 1.29 is 0 Å². The van der Waals surface area contributed by atoms with Gasteiger partial charge in [0.2, 0.25) is 0 Å². The second-order valence-electron chi connectivity index (χ2n) is 5.18. The molecule has 0 radical (unpaired) electrons. The molecule has 0 amide bonds. The highest BCUT2D eigenvalue weighted by Crippen LogP contribution is 2.36. The molecule has 0 bridgehead atoms. The molecule has 94 valence electrons. The van der Waals surface area contributed by atoms with E-state index >= 15 is 0 Å². The number of aromatic nitrogens is 2. The molecule has 2 aromatic rings. The van der Waals surface area contributed by atoms with Gasteiger partial charge in [-0.15, -0.1) is 0 Å². The van der Waals surface area contributed by atoms with E-state index in [2.05, 4.69) is 58.6 Å². The van der Waals surface area contributed by atoms with Crippen LogP contribution in [0.1, 0.15) is 36.9 Å². The average Bonchev–Trinajstić information content (AvgIpc) is 2.68. The van der Waals surface area contributed by atoms with Crippen LogP contribution < -0.4 is 0 Å². The van der Waals surface area contributed by atoms with Crippen molar-refractivity contribution in [3.05, 3.63) is 40.1 Å². The van der Waals surface area contributed by atoms with Crippen LogP contribution in [0, 0.1) is 6.92 Å². The average molecular weight is 305 g/mol. The van der Waals surface area contributed by atoms with Crippen LogP contribution in [0.15, 0.2) is 28.9 Å². The number of benzene rings is 1. The summed E-state index contributed by atoms with van der Waals surface area (Å²) in [5.74, 6) is 1.70. The fourth-order valence-corrected chi connectivity index (χ4v) is 3.60. The van der Waals surface area contributed by atoms with Crippen LogP contribution in [0.3, 0.4) is 0 Å². The summed E-state index contributed by atoms with van der Waals surface area (Å²) in [6.45, 7) is 5.50. The monoisotopic (exact) mass is 304 g/mol. The molecule has 1 aliphatic heterocycles. The van der Waals surface area contributed by atoms with Gasteiger partial charge in [-0.25, -0.2) is 4.98 Å². The van der Waals surface area contributed by atoms with Crippen LogP contribution in [0.2, 0.25) is 0 Å². The predicted molar refractivity (Wildman–Crippen MR) is 77.7 cm³/mol. The second-order valence-corrected chi connectivity index (χ2v) is 5.93. The van der Waals surface area contributed by atoms with Gasteiger partial charge in [-0.3, -0.25) is 0 Å². The van der Waals surface area contributed by atoms with E-state index in [1.165, 1.54) is 29.7 Å². The summed E-state index contributed by atoms with van der Waals surface area (Å²) in [4.78, 5) is 4.73. The molecule has 3 heteroatoms. The molecule has 2 nitrogen and oxygen atoms in total. The second kappa shape index (κ2) is 4.54. The summed E-state index contributed by atoms with van der Waals surface area (Å²) in [6.07, 6.45) is 2.51. The fourth-order valence-electron chi connectivity index (χ4n) is 2.83. The molecule has 1 aromatic heterocycles. The van der Waals surface area contributed by atoms with Crippen LogP contribution >= 0.6 is 15.9 Å². The SMILES string of the molecule is Cc1cccc(-c2nc(Br)c3n2CCCC3C)c1. The Morgan fingerprint density at radius 2 is 2.22 bits per heavy atom. The Kier molecular flexibility index (Phi) is 3.02. The number of hydrogen-bond donors (Lipinski definition) is 0. The van der Waals surface area contributed by atoms with Gasteiger partial charge in [-0.2, -0.15) is 0 Å². The van der Waals surface area contributed by atoms with Gasteiger partial charge in [0, 0.05) is 12.1 Å². The summed E-state index contributed by atoms with van der Waals surface area (Å²) < 4.78 is 3.40. The molecule has 1 aromatic carbocycles. The van der Waals surface area contributed by atoms with Gasteiger partial charge >= 0.3 is 0 Å². The van der Waals surface area contributed by atoms with E-state index in [1.54, 1.807) is 0 Å². The predicted octanol–water partition coefficient (Wildman–Crippen LogP) is 4.52. The Balaban J connectivity index is 2.16. The Morgan fingerprint density at radius 3 is 3.00 bits per heavy atom. The molecular weight excluding hydrogens is 288 g/mol. The van der Waals surface area contributed by atoms with Gasteiger partial charge in [-0.1, -0.05) is 30.7 Å². The van der Waals surface area contributed by atoms with Crippen LogP contribution in [0.25, 0.3) is 11.4 Å². The Bertz CT molecular complexity index is 586. The third kappa shape index (κ3) is 1.91. The molecule has 0 spiro atoms. The number of rotatable bonds is 1. The maximum absolute atomic E-state index is 4.73. The van der Waals surface area contributed by atoms with Crippen molar-refractivity contribution in [3.63, 3.8) is 0 Å². The summed E-state index contributed by atoms with van der Waals surface area (Å²) in [5, 5.41) is 0. The third-order valence-corrected chi connectivity index (χ3v) is 4.31. The third-order valence-electron chi connectivity index (χ3n) is 3.72. The minimum Gasteiger partial charge on any atom is -0.327 e. The van der Waals surface area contributed by atoms with Crippen LogP contribution in [0.5, 0.6) is 0 Å². The maximum atomic E-state index is 4.73. The van der Waals surface area contributed by atoms with Crippen molar-refractivity contribution in [2.75, 3.05) is 0 Å². The van der Waals surface area contributed by atoms with E-state index in [4.69, 9.17) is 4.98 Å². The quantitative estimate of drug-likeness (QED) is 0.757. The lowest BCUT2D eigenvalue weighted by atomic mass is 9.98. The molecule has 0 N–H and O–H groups in total. The number of fused-ring (bicyclic) bond motifs is 1. The van der Waals surface area contributed by atoms with Gasteiger partial charge in [0.1, 0.15) is 10.4 Å². The molecule has 0 saturated heterocycles. The number of halogens is 1. The lowest BCUT2D eigenvalue weighted by Crippen LogP contribution is -2.14. The van der Waals surface area contributed by atoms with E-state index in [0.29, 0.717) is 5.92 Å². The highest BCUT2D eigenvalue weighted by molar-refractivity contribution is 9.10. The zero-order valence-electron chi connectivity index (χ0n) is 10.8. The number of hydrogen-bond acceptors (Lipinski definition) is 1. The first kappa shape index (κ1) is 12.0. The van der Waals surface area contributed by atoms with Crippen molar-refractivity contribution in [2.45, 2.75) is 39.2 Å². The highest BCUT2D eigenvalue weighted by atomic mass is 79.9. The minimum absolute atomic E-state index is 0.596. The highest BCUT2D eigenvalue weighted by Gasteiger charge is 2.24. The molecule has 0 saturated carbocycles. The first-order chi connectivity index (χ1) is 8.66. The lowest BCUT2D eigenvalue weighted by molar-refractivity contribution is 0.476. The van der Waals surface area contributed by atoms with Crippen molar-refractivity contribution in [3.8, 4) is 11.4 Å². The van der Waals surface area contributed by atoms with Gasteiger partial charge < -0.3 is 4.57 Å². The van der Waals surface area contributed by atoms with E-state index < -0.39 is 0 Å². The van der Waals surface area contributed by atoms with Crippen molar-refractivity contribution in [2.24, 2.45) is 0 Å². The van der Waals surface area contributed by atoms with E-state index in [1.807, 2.05) is 0 Å². The molecular formula is C15H17BrN2.